The summed E-state index contributed by atoms with van der Waals surface area (Å²) in [6.45, 7) is 5.31. The predicted octanol–water partition coefficient (Wildman–Crippen LogP) is 2.87. The number of hydrogen-bond acceptors (Lipinski definition) is 1. The summed E-state index contributed by atoms with van der Waals surface area (Å²) in [4.78, 5) is 0. The number of likely N-dealkylation sites (N-methyl/N-ethyl adjacent to an activating group) is 1. The molecule has 1 rings (SSSR count). The van der Waals surface area contributed by atoms with Crippen molar-refractivity contribution in [3.8, 4) is 0 Å². The second-order valence-electron chi connectivity index (χ2n) is 3.57. The van der Waals surface area contributed by atoms with E-state index in [0.29, 0.717) is 0 Å². The van der Waals surface area contributed by atoms with Crippen LogP contribution in [-0.4, -0.2) is 13.6 Å². The second kappa shape index (κ2) is 5.61. The molecule has 0 saturated heterocycles. The first kappa shape index (κ1) is 11.0. The molecule has 1 aromatic rings. The van der Waals surface area contributed by atoms with Gasteiger partial charge in [0.05, 0.1) is 0 Å². The van der Waals surface area contributed by atoms with E-state index in [2.05, 4.69) is 49.5 Å². The van der Waals surface area contributed by atoms with Gasteiger partial charge < -0.3 is 5.32 Å². The fourth-order valence-corrected chi connectivity index (χ4v) is 1.59. The lowest BCUT2D eigenvalue weighted by Gasteiger charge is -2.04. The molecule has 1 nitrogen and oxygen atoms in total. The topological polar surface area (TPSA) is 12.0 Å². The Morgan fingerprint density at radius 3 is 2.71 bits per heavy atom. The molecule has 0 aliphatic heterocycles. The summed E-state index contributed by atoms with van der Waals surface area (Å²) < 4.78 is 0. The lowest BCUT2D eigenvalue weighted by atomic mass is 10.0. The van der Waals surface area contributed by atoms with Gasteiger partial charge in [0.2, 0.25) is 0 Å². The first-order valence-corrected chi connectivity index (χ1v) is 5.17. The molecule has 76 valence electrons. The van der Waals surface area contributed by atoms with Crippen LogP contribution >= 0.6 is 0 Å². The number of nitrogens with one attached hydrogen (secondary N) is 1. The van der Waals surface area contributed by atoms with Crippen LogP contribution in [0.3, 0.4) is 0 Å². The van der Waals surface area contributed by atoms with Crippen LogP contribution in [0.15, 0.2) is 29.8 Å². The van der Waals surface area contributed by atoms with Crippen molar-refractivity contribution in [2.45, 2.75) is 20.3 Å². The summed E-state index contributed by atoms with van der Waals surface area (Å²) in [5.41, 5.74) is 4.14. The summed E-state index contributed by atoms with van der Waals surface area (Å²) in [6, 6.07) is 8.57. The smallest absolute Gasteiger partial charge is 0.0162 e. The molecule has 0 fully saturated rings. The summed E-state index contributed by atoms with van der Waals surface area (Å²) in [7, 11) is 1.98. The molecular weight excluding hydrogens is 170 g/mol. The van der Waals surface area contributed by atoms with E-state index in [1.807, 2.05) is 7.05 Å². The van der Waals surface area contributed by atoms with Crippen LogP contribution in [0.2, 0.25) is 0 Å². The van der Waals surface area contributed by atoms with Crippen molar-refractivity contribution >= 4 is 6.08 Å². The van der Waals surface area contributed by atoms with Gasteiger partial charge in [-0.05, 0) is 31.5 Å². The molecule has 0 heterocycles. The van der Waals surface area contributed by atoms with Gasteiger partial charge in [-0.1, -0.05) is 42.8 Å². The average molecular weight is 189 g/mol. The zero-order valence-electron chi connectivity index (χ0n) is 9.30. The molecule has 1 aromatic carbocycles. The number of rotatable bonds is 4. The zero-order valence-corrected chi connectivity index (χ0v) is 9.30. The highest BCUT2D eigenvalue weighted by molar-refractivity contribution is 5.56. The maximum atomic E-state index is 3.16. The molecule has 0 saturated carbocycles. The van der Waals surface area contributed by atoms with E-state index in [4.69, 9.17) is 0 Å². The van der Waals surface area contributed by atoms with E-state index in [9.17, 15) is 0 Å². The van der Waals surface area contributed by atoms with Gasteiger partial charge in [-0.15, -0.1) is 0 Å². The molecule has 0 atom stereocenters. The summed E-state index contributed by atoms with van der Waals surface area (Å²) in [5.74, 6) is 0. The lowest BCUT2D eigenvalue weighted by molar-refractivity contribution is 0.884. The van der Waals surface area contributed by atoms with Gasteiger partial charge >= 0.3 is 0 Å². The Morgan fingerprint density at radius 1 is 1.36 bits per heavy atom. The first-order chi connectivity index (χ1) is 6.77. The fourth-order valence-electron chi connectivity index (χ4n) is 1.59. The largest absolute Gasteiger partial charge is 0.316 e. The van der Waals surface area contributed by atoms with E-state index < -0.39 is 0 Å². The van der Waals surface area contributed by atoms with E-state index in [-0.39, 0.29) is 0 Å². The minimum absolute atomic E-state index is 0.956. The number of hydrogen-bond donors (Lipinski definition) is 1. The normalized spacial score (nSPS) is 11.8. The van der Waals surface area contributed by atoms with Crippen LogP contribution in [0.4, 0.5) is 0 Å². The van der Waals surface area contributed by atoms with Gasteiger partial charge in [0.25, 0.3) is 0 Å². The van der Waals surface area contributed by atoms with Gasteiger partial charge in [0, 0.05) is 6.54 Å². The van der Waals surface area contributed by atoms with Crippen LogP contribution in [0.5, 0.6) is 0 Å². The summed E-state index contributed by atoms with van der Waals surface area (Å²) >= 11 is 0. The Labute approximate surface area is 86.8 Å². The third-order valence-electron chi connectivity index (χ3n) is 2.29. The maximum Gasteiger partial charge on any atom is 0.0162 e. The van der Waals surface area contributed by atoms with E-state index in [1.54, 1.807) is 0 Å². The molecular formula is C13H19N. The van der Waals surface area contributed by atoms with Crippen LogP contribution in [-0.2, 0) is 6.42 Å². The van der Waals surface area contributed by atoms with Crippen molar-refractivity contribution in [2.75, 3.05) is 13.6 Å². The van der Waals surface area contributed by atoms with Gasteiger partial charge in [-0.25, -0.2) is 0 Å². The van der Waals surface area contributed by atoms with Crippen LogP contribution in [0, 0.1) is 0 Å². The molecule has 0 amide bonds. The predicted molar refractivity (Wildman–Crippen MR) is 63.4 cm³/mol. The van der Waals surface area contributed by atoms with Crippen molar-refractivity contribution in [1.29, 1.82) is 0 Å². The summed E-state index contributed by atoms with van der Waals surface area (Å²) in [5, 5.41) is 3.16. The van der Waals surface area contributed by atoms with Crippen molar-refractivity contribution in [1.82, 2.24) is 5.32 Å². The zero-order chi connectivity index (χ0) is 10.4. The fraction of sp³-hybridized carbons (Fsp3) is 0.385. The monoisotopic (exact) mass is 189 g/mol. The van der Waals surface area contributed by atoms with Gasteiger partial charge in [-0.3, -0.25) is 0 Å². The standard InChI is InChI=1S/C13H19N/c1-4-12-7-5-6-8-13(12)9-11(2)10-14-3/h5-9,14H,4,10H2,1-3H3. The highest BCUT2D eigenvalue weighted by Crippen LogP contribution is 2.13. The highest BCUT2D eigenvalue weighted by Gasteiger charge is 1.96. The van der Waals surface area contributed by atoms with Crippen LogP contribution < -0.4 is 5.32 Å². The molecule has 0 aliphatic rings. The molecule has 1 heteroatoms. The number of benzene rings is 1. The first-order valence-electron chi connectivity index (χ1n) is 5.17. The van der Waals surface area contributed by atoms with E-state index >= 15 is 0 Å². The minimum atomic E-state index is 0.956. The van der Waals surface area contributed by atoms with Gasteiger partial charge in [0.1, 0.15) is 0 Å². The number of aryl methyl sites for hydroxylation is 1. The van der Waals surface area contributed by atoms with Crippen molar-refractivity contribution in [3.63, 3.8) is 0 Å². The Balaban J connectivity index is 2.89. The Morgan fingerprint density at radius 2 is 2.07 bits per heavy atom. The molecule has 0 radical (unpaired) electrons. The van der Waals surface area contributed by atoms with Crippen LogP contribution in [0.1, 0.15) is 25.0 Å². The molecule has 1 N–H and O–H groups in total. The van der Waals surface area contributed by atoms with Crippen molar-refractivity contribution < 1.29 is 0 Å². The summed E-state index contributed by atoms with van der Waals surface area (Å²) in [6.07, 6.45) is 3.36. The molecule has 0 aromatic heterocycles. The third-order valence-corrected chi connectivity index (χ3v) is 2.29. The SMILES string of the molecule is CCc1ccccc1C=C(C)CNC. The second-order valence-corrected chi connectivity index (χ2v) is 3.57. The molecule has 0 bridgehead atoms. The Bertz CT molecular complexity index is 313. The van der Waals surface area contributed by atoms with Crippen molar-refractivity contribution in [2.24, 2.45) is 0 Å². The van der Waals surface area contributed by atoms with Crippen LogP contribution in [0.25, 0.3) is 6.08 Å². The Hall–Kier alpha value is -1.08. The minimum Gasteiger partial charge on any atom is -0.316 e. The van der Waals surface area contributed by atoms with Gasteiger partial charge in [0.15, 0.2) is 0 Å². The molecule has 0 spiro atoms. The Kier molecular flexibility index (Phi) is 4.41. The van der Waals surface area contributed by atoms with Crippen molar-refractivity contribution in [3.05, 3.63) is 41.0 Å². The quantitative estimate of drug-likeness (QED) is 0.768. The molecule has 14 heavy (non-hydrogen) atoms. The van der Waals surface area contributed by atoms with E-state index in [1.165, 1.54) is 16.7 Å². The molecule has 0 unspecified atom stereocenters. The van der Waals surface area contributed by atoms with E-state index in [0.717, 1.165) is 13.0 Å². The maximum absolute atomic E-state index is 3.16. The highest BCUT2D eigenvalue weighted by atomic mass is 14.8. The lowest BCUT2D eigenvalue weighted by Crippen LogP contribution is -2.08. The average Bonchev–Trinajstić information content (AvgIpc) is 2.19. The van der Waals surface area contributed by atoms with Gasteiger partial charge in [-0.2, -0.15) is 0 Å². The third kappa shape index (κ3) is 3.00. The molecule has 0 aliphatic carbocycles.